The molecule has 2 aromatic carbocycles. The molecule has 1 spiro atoms. The van der Waals surface area contributed by atoms with Crippen molar-refractivity contribution in [2.24, 2.45) is 11.8 Å². The number of nitrogens with one attached hydrogen (secondary N) is 1. The van der Waals surface area contributed by atoms with Gasteiger partial charge in [0.1, 0.15) is 6.10 Å². The number of aromatic hydroxyl groups is 1. The van der Waals surface area contributed by atoms with Crippen LogP contribution in [0.15, 0.2) is 48.5 Å². The summed E-state index contributed by atoms with van der Waals surface area (Å²) >= 11 is 0. The molecule has 3 N–H and O–H groups in total. The Labute approximate surface area is 226 Å². The molecule has 3 unspecified atom stereocenters. The Morgan fingerprint density at radius 2 is 1.92 bits per heavy atom. The van der Waals surface area contributed by atoms with Crippen molar-refractivity contribution in [2.75, 3.05) is 13.1 Å². The Kier molecular flexibility index (Phi) is 5.92. The van der Waals surface area contributed by atoms with Crippen LogP contribution in [0.4, 0.5) is 0 Å². The Morgan fingerprint density at radius 3 is 2.68 bits per heavy atom. The number of hydrogen-bond donors (Lipinski definition) is 3. The minimum atomic E-state index is -0.831. The largest absolute Gasteiger partial charge is 0.504 e. The summed E-state index contributed by atoms with van der Waals surface area (Å²) in [4.78, 5) is 2.60. The SMILES string of the molecule is CC(C)CC(/C=C/c1ccccc1)NC1CC[C@@]2(O)[C@H]3Cc4ccc(O)c5c4[C@@]2(CCN3CC2CC2)C1O5. The van der Waals surface area contributed by atoms with Crippen molar-refractivity contribution < 1.29 is 14.9 Å². The lowest BCUT2D eigenvalue weighted by atomic mass is 9.48. The number of ether oxygens (including phenoxy) is 1. The molecule has 2 saturated carbocycles. The third kappa shape index (κ3) is 3.76. The number of hydrogen-bond acceptors (Lipinski definition) is 5. The van der Waals surface area contributed by atoms with E-state index in [0.29, 0.717) is 11.7 Å². The maximum Gasteiger partial charge on any atom is 0.165 e. The van der Waals surface area contributed by atoms with Crippen LogP contribution in [-0.2, 0) is 11.8 Å². The standard InChI is InChI=1S/C33H42N2O3/c1-21(2)18-25(12-10-22-6-4-3-5-7-22)34-26-14-15-33(37)28-19-24-11-13-27(36)30-29(24)32(33,31(26)38-30)16-17-35(28)20-23-8-9-23/h3-7,10-13,21,23,25-26,28,31,34,36-37H,8-9,14-20H2,1-2H3/b12-10+/t25?,26?,28-,31?,32+,33-/m1/s1. The fraction of sp³-hybridized carbons (Fsp3) is 0.576. The lowest BCUT2D eigenvalue weighted by Crippen LogP contribution is -2.78. The van der Waals surface area contributed by atoms with E-state index in [4.69, 9.17) is 4.74 Å². The van der Waals surface area contributed by atoms with Gasteiger partial charge in [0.15, 0.2) is 11.5 Å². The van der Waals surface area contributed by atoms with Gasteiger partial charge in [0.25, 0.3) is 0 Å². The molecule has 202 valence electrons. The lowest BCUT2D eigenvalue weighted by Gasteiger charge is -2.64. The minimum Gasteiger partial charge on any atom is -0.504 e. The number of phenols is 1. The van der Waals surface area contributed by atoms with E-state index in [-0.39, 0.29) is 30.0 Å². The number of phenolic OH excluding ortho intramolecular Hbond substituents is 1. The molecule has 2 aliphatic heterocycles. The lowest BCUT2D eigenvalue weighted by molar-refractivity contribution is -0.192. The smallest absolute Gasteiger partial charge is 0.165 e. The van der Waals surface area contributed by atoms with Crippen LogP contribution < -0.4 is 10.1 Å². The molecule has 7 rings (SSSR count). The summed E-state index contributed by atoms with van der Waals surface area (Å²) in [6.45, 7) is 6.65. The maximum atomic E-state index is 12.7. The first-order chi connectivity index (χ1) is 18.4. The Balaban J connectivity index is 1.24. The molecule has 6 atom stereocenters. The second-order valence-electron chi connectivity index (χ2n) is 13.1. The van der Waals surface area contributed by atoms with Gasteiger partial charge in [-0.1, -0.05) is 62.4 Å². The van der Waals surface area contributed by atoms with Crippen LogP contribution in [0, 0.1) is 11.8 Å². The fourth-order valence-corrected chi connectivity index (χ4v) is 8.43. The molecule has 5 nitrogen and oxygen atoms in total. The zero-order valence-corrected chi connectivity index (χ0v) is 22.8. The first kappa shape index (κ1) is 24.7. The highest BCUT2D eigenvalue weighted by atomic mass is 16.5. The van der Waals surface area contributed by atoms with Crippen molar-refractivity contribution in [3.8, 4) is 11.5 Å². The van der Waals surface area contributed by atoms with E-state index in [1.807, 2.05) is 0 Å². The first-order valence-electron chi connectivity index (χ1n) is 14.9. The molecule has 5 aliphatic rings. The minimum absolute atomic E-state index is 0.104. The summed E-state index contributed by atoms with van der Waals surface area (Å²) in [5, 5.41) is 27.6. The van der Waals surface area contributed by atoms with Gasteiger partial charge in [-0.2, -0.15) is 0 Å². The van der Waals surface area contributed by atoms with Crippen molar-refractivity contribution in [1.29, 1.82) is 0 Å². The predicted octanol–water partition coefficient (Wildman–Crippen LogP) is 5.04. The topological polar surface area (TPSA) is 65.0 Å². The van der Waals surface area contributed by atoms with Gasteiger partial charge in [0.2, 0.25) is 0 Å². The number of piperidine rings is 1. The van der Waals surface area contributed by atoms with Crippen LogP contribution in [0.1, 0.15) is 69.1 Å². The molecular weight excluding hydrogens is 472 g/mol. The average Bonchev–Trinajstić information content (AvgIpc) is 3.64. The quantitative estimate of drug-likeness (QED) is 0.461. The van der Waals surface area contributed by atoms with E-state index in [1.54, 1.807) is 6.07 Å². The van der Waals surface area contributed by atoms with Crippen LogP contribution >= 0.6 is 0 Å². The number of rotatable bonds is 8. The van der Waals surface area contributed by atoms with Crippen LogP contribution in [0.3, 0.4) is 0 Å². The van der Waals surface area contributed by atoms with E-state index in [2.05, 4.69) is 72.6 Å². The van der Waals surface area contributed by atoms with Crippen molar-refractivity contribution in [3.63, 3.8) is 0 Å². The Hall–Kier alpha value is -2.34. The van der Waals surface area contributed by atoms with Crippen molar-refractivity contribution >= 4 is 6.08 Å². The molecule has 0 aromatic heterocycles. The van der Waals surface area contributed by atoms with Gasteiger partial charge in [0.05, 0.1) is 11.0 Å². The normalized spacial score (nSPS) is 34.4. The van der Waals surface area contributed by atoms with Gasteiger partial charge in [-0.05, 0) is 80.5 Å². The molecule has 5 heteroatoms. The fourth-order valence-electron chi connectivity index (χ4n) is 8.43. The predicted molar refractivity (Wildman–Crippen MR) is 150 cm³/mol. The van der Waals surface area contributed by atoms with Gasteiger partial charge >= 0.3 is 0 Å². The van der Waals surface area contributed by atoms with E-state index >= 15 is 0 Å². The summed E-state index contributed by atoms with van der Waals surface area (Å²) < 4.78 is 6.77. The van der Waals surface area contributed by atoms with E-state index in [1.165, 1.54) is 24.0 Å². The molecule has 0 radical (unpaired) electrons. The van der Waals surface area contributed by atoms with Gasteiger partial charge in [0, 0.05) is 30.2 Å². The van der Waals surface area contributed by atoms with Gasteiger partial charge < -0.3 is 20.3 Å². The highest BCUT2D eigenvalue weighted by molar-refractivity contribution is 5.62. The second-order valence-corrected chi connectivity index (χ2v) is 13.1. The highest BCUT2D eigenvalue weighted by Crippen LogP contribution is 2.65. The third-order valence-electron chi connectivity index (χ3n) is 10.2. The number of likely N-dealkylation sites (tertiary alicyclic amines) is 1. The molecule has 0 amide bonds. The maximum absolute atomic E-state index is 12.7. The summed E-state index contributed by atoms with van der Waals surface area (Å²) in [5.41, 5.74) is 2.28. The van der Waals surface area contributed by atoms with Gasteiger partial charge in [-0.25, -0.2) is 0 Å². The number of benzene rings is 2. The van der Waals surface area contributed by atoms with Gasteiger partial charge in [-0.3, -0.25) is 4.90 Å². The first-order valence-corrected chi connectivity index (χ1v) is 14.9. The molecule has 3 fully saturated rings. The summed E-state index contributed by atoms with van der Waals surface area (Å²) in [6, 6.07) is 14.8. The van der Waals surface area contributed by atoms with E-state index in [9.17, 15) is 10.2 Å². The van der Waals surface area contributed by atoms with Gasteiger partial charge in [-0.15, -0.1) is 0 Å². The van der Waals surface area contributed by atoms with Crippen LogP contribution in [0.5, 0.6) is 11.5 Å². The molecule has 38 heavy (non-hydrogen) atoms. The second kappa shape index (κ2) is 9.11. The third-order valence-corrected chi connectivity index (χ3v) is 10.2. The van der Waals surface area contributed by atoms with E-state index in [0.717, 1.165) is 56.7 Å². The molecule has 3 aliphatic carbocycles. The molecule has 2 bridgehead atoms. The van der Waals surface area contributed by atoms with Crippen LogP contribution in [-0.4, -0.2) is 58.0 Å². The van der Waals surface area contributed by atoms with Crippen LogP contribution in [0.2, 0.25) is 0 Å². The Bertz CT molecular complexity index is 1220. The van der Waals surface area contributed by atoms with Crippen molar-refractivity contribution in [1.82, 2.24) is 10.2 Å². The van der Waals surface area contributed by atoms with E-state index < -0.39 is 11.0 Å². The molecule has 2 aromatic rings. The monoisotopic (exact) mass is 514 g/mol. The van der Waals surface area contributed by atoms with Crippen LogP contribution in [0.25, 0.3) is 6.08 Å². The summed E-state index contributed by atoms with van der Waals surface area (Å²) in [6.07, 6.45) is 11.4. The number of nitrogens with zero attached hydrogens (tertiary/aromatic N) is 1. The zero-order chi connectivity index (χ0) is 26.1. The molecule has 2 heterocycles. The summed E-state index contributed by atoms with van der Waals surface area (Å²) in [7, 11) is 0. The molecule has 1 saturated heterocycles. The highest BCUT2D eigenvalue weighted by Gasteiger charge is 2.73. The number of aliphatic hydroxyl groups is 1. The van der Waals surface area contributed by atoms with Crippen molar-refractivity contribution in [3.05, 3.63) is 65.2 Å². The zero-order valence-electron chi connectivity index (χ0n) is 22.8. The molecular formula is C33H42N2O3. The van der Waals surface area contributed by atoms with Crippen molar-refractivity contribution in [2.45, 2.75) is 94.0 Å². The average molecular weight is 515 g/mol. The summed E-state index contributed by atoms with van der Waals surface area (Å²) in [5.74, 6) is 2.20. The Morgan fingerprint density at radius 1 is 1.11 bits per heavy atom.